The van der Waals surface area contributed by atoms with Gasteiger partial charge in [0.15, 0.2) is 5.25 Å². The normalized spacial score (nSPS) is 13.4. The van der Waals surface area contributed by atoms with Crippen LogP contribution in [-0.2, 0) is 24.4 Å². The maximum atomic E-state index is 10.2. The van der Waals surface area contributed by atoms with E-state index in [1.165, 1.54) is 51.4 Å². The third-order valence-electron chi connectivity index (χ3n) is 3.72. The van der Waals surface area contributed by atoms with Crippen LogP contribution in [0.1, 0.15) is 71.6 Å². The van der Waals surface area contributed by atoms with E-state index < -0.39 is 33.7 Å². The molecular weight excluding hydrogens is 391 g/mol. The average Bonchev–Trinajstić information content (AvgIpc) is 2.54. The van der Waals surface area contributed by atoms with Crippen LogP contribution in [0.25, 0.3) is 0 Å². The molecule has 3 N–H and O–H groups in total. The summed E-state index contributed by atoms with van der Waals surface area (Å²) < 4.78 is 35.0. The molecule has 0 saturated carbocycles. The number of hydrogen-bond donors (Lipinski definition) is 3. The van der Waals surface area contributed by atoms with Crippen molar-refractivity contribution in [2.75, 3.05) is 6.61 Å². The second-order valence-electron chi connectivity index (χ2n) is 6.15. The molecule has 0 aliphatic rings. The molecule has 0 fully saturated rings. The summed E-state index contributed by atoms with van der Waals surface area (Å²) >= 11 is 0.850. The third-order valence-corrected chi connectivity index (χ3v) is 6.60. The maximum absolute atomic E-state index is 10.2. The number of rotatable bonds is 14. The van der Waals surface area contributed by atoms with Gasteiger partial charge in [-0.25, -0.2) is 0 Å². The Morgan fingerprint density at radius 2 is 1.50 bits per heavy atom. The van der Waals surface area contributed by atoms with Gasteiger partial charge in [0.25, 0.3) is 10.1 Å². The molecule has 10 heteroatoms. The number of hydrogen-bond acceptors (Lipinski definition) is 5. The summed E-state index contributed by atoms with van der Waals surface area (Å²) in [6.07, 6.45) is 9.73. The van der Waals surface area contributed by atoms with Gasteiger partial charge < -0.3 is 10.2 Å². The summed E-state index contributed by atoms with van der Waals surface area (Å²) in [7, 11) is -4.84. The van der Waals surface area contributed by atoms with Crippen molar-refractivity contribution in [2.45, 2.75) is 77.1 Å². The molecular formula is C16H31KO8S. The van der Waals surface area contributed by atoms with E-state index in [0.717, 1.165) is 55.6 Å². The van der Waals surface area contributed by atoms with Crippen molar-refractivity contribution in [3.8, 4) is 0 Å². The van der Waals surface area contributed by atoms with E-state index in [4.69, 9.17) is 19.5 Å². The Bertz CT molecular complexity index is 481. The fourth-order valence-corrected chi connectivity index (χ4v) is 2.92. The van der Waals surface area contributed by atoms with Crippen LogP contribution in [0.5, 0.6) is 0 Å². The Hall–Kier alpha value is 0.446. The van der Waals surface area contributed by atoms with E-state index >= 15 is 0 Å². The van der Waals surface area contributed by atoms with Crippen LogP contribution in [0.2, 0.25) is 0 Å². The minimum Gasteiger partial charge on any atom is -0.481 e. The van der Waals surface area contributed by atoms with Gasteiger partial charge in [-0.05, 0) is 0 Å². The number of carbonyl (C=O) groups is 2. The molecule has 2 atom stereocenters. The van der Waals surface area contributed by atoms with Crippen LogP contribution >= 0.6 is 0 Å². The molecule has 0 bridgehead atoms. The van der Waals surface area contributed by atoms with Crippen LogP contribution in [-0.4, -0.2) is 96.1 Å². The molecule has 0 spiro atoms. The van der Waals surface area contributed by atoms with E-state index in [2.05, 4.69) is 13.8 Å². The van der Waals surface area contributed by atoms with E-state index in [9.17, 15) is 18.0 Å². The summed E-state index contributed by atoms with van der Waals surface area (Å²) in [5.74, 6) is -3.50. The van der Waals surface area contributed by atoms with E-state index in [-0.39, 0.29) is 0 Å². The number of carboxylic acids is 2. The van der Waals surface area contributed by atoms with Crippen LogP contribution in [0.15, 0.2) is 0 Å². The first-order valence-electron chi connectivity index (χ1n) is 9.08. The Labute approximate surface area is 190 Å². The topological polar surface area (TPSA) is 138 Å². The minimum absolute atomic E-state index is 0.641. The quantitative estimate of drug-likeness (QED) is 0.220. The van der Waals surface area contributed by atoms with Gasteiger partial charge in [0, 0.05) is 0 Å². The Balaban J connectivity index is 0. The SMILES string of the molecule is CCCCCCCCCO[CH]([K])CC.O=C(O)CC(C(=O)O)S(=O)(=O)O. The first-order valence-corrected chi connectivity index (χ1v) is 12.4. The molecule has 0 aliphatic heterocycles. The van der Waals surface area contributed by atoms with Crippen LogP contribution in [0.3, 0.4) is 0 Å². The zero-order valence-electron chi connectivity index (χ0n) is 16.0. The zero-order valence-corrected chi connectivity index (χ0v) is 20.0. The van der Waals surface area contributed by atoms with Crippen molar-refractivity contribution in [1.82, 2.24) is 0 Å². The van der Waals surface area contributed by atoms with Crippen LogP contribution in [0.4, 0.5) is 0 Å². The van der Waals surface area contributed by atoms with Gasteiger partial charge >= 0.3 is 138 Å². The average molecular weight is 423 g/mol. The fraction of sp³-hybridized carbons (Fsp3) is 0.875. The number of ether oxygens (including phenoxy) is 1. The molecule has 0 aliphatic carbocycles. The van der Waals surface area contributed by atoms with Crippen LogP contribution < -0.4 is 0 Å². The van der Waals surface area contributed by atoms with Gasteiger partial charge in [0.05, 0.1) is 6.42 Å². The zero-order chi connectivity index (χ0) is 20.6. The molecule has 26 heavy (non-hydrogen) atoms. The Morgan fingerprint density at radius 1 is 1.00 bits per heavy atom. The van der Waals surface area contributed by atoms with Crippen LogP contribution in [0, 0.1) is 0 Å². The molecule has 0 heterocycles. The van der Waals surface area contributed by atoms with Gasteiger partial charge in [0.1, 0.15) is 0 Å². The molecule has 0 saturated heterocycles. The molecule has 0 aromatic heterocycles. The van der Waals surface area contributed by atoms with Crippen molar-refractivity contribution in [1.29, 1.82) is 0 Å². The second kappa shape index (κ2) is 17.5. The first kappa shape index (κ1) is 28.7. The minimum atomic E-state index is -4.84. The van der Waals surface area contributed by atoms with E-state index in [1.54, 1.807) is 0 Å². The van der Waals surface area contributed by atoms with Gasteiger partial charge in [-0.1, -0.05) is 0 Å². The van der Waals surface area contributed by atoms with Crippen molar-refractivity contribution in [3.63, 3.8) is 0 Å². The Morgan fingerprint density at radius 3 is 1.85 bits per heavy atom. The van der Waals surface area contributed by atoms with Gasteiger partial charge in [-0.2, -0.15) is 8.42 Å². The number of aliphatic carboxylic acids is 2. The molecule has 8 nitrogen and oxygen atoms in total. The molecule has 0 amide bonds. The van der Waals surface area contributed by atoms with Crippen molar-refractivity contribution >= 4 is 71.0 Å². The van der Waals surface area contributed by atoms with Gasteiger partial charge in [0.2, 0.25) is 0 Å². The summed E-state index contributed by atoms with van der Waals surface area (Å²) in [6, 6.07) is 0. The van der Waals surface area contributed by atoms with Crippen molar-refractivity contribution in [3.05, 3.63) is 0 Å². The van der Waals surface area contributed by atoms with Gasteiger partial charge in [-0.15, -0.1) is 0 Å². The molecule has 0 aromatic carbocycles. The maximum Gasteiger partial charge on any atom is 0.325 e. The first-order chi connectivity index (χ1) is 12.1. The van der Waals surface area contributed by atoms with E-state index in [0.29, 0.717) is 0.199 Å². The fourth-order valence-electron chi connectivity index (χ4n) is 1.94. The summed E-state index contributed by atoms with van der Waals surface area (Å²) in [6.45, 7) is 5.50. The molecule has 2 unspecified atom stereocenters. The second-order valence-corrected chi connectivity index (χ2v) is 9.76. The monoisotopic (exact) mass is 422 g/mol. The molecule has 0 rings (SSSR count). The number of unbranched alkanes of at least 4 members (excludes halogenated alkanes) is 6. The smallest absolute Gasteiger partial charge is 0.325 e. The van der Waals surface area contributed by atoms with Crippen molar-refractivity contribution < 1.29 is 37.5 Å². The molecule has 0 aromatic rings. The van der Waals surface area contributed by atoms with E-state index in [1.807, 2.05) is 0 Å². The van der Waals surface area contributed by atoms with Gasteiger partial charge in [-0.3, -0.25) is 14.1 Å². The van der Waals surface area contributed by atoms with Crippen molar-refractivity contribution in [2.24, 2.45) is 0 Å². The summed E-state index contributed by atoms with van der Waals surface area (Å²) in [5, 5.41) is 13.9. The number of carboxylic acid groups (broad SMARTS) is 2. The predicted octanol–water partition coefficient (Wildman–Crippen LogP) is 2.46. The molecule has 150 valence electrons. The largest absolute Gasteiger partial charge is 0.481 e. The Kier molecular flexibility index (Phi) is 19.3. The standard InChI is InChI=1S/C12H25O.C4H6O7S.K/c1-3-5-6-7-8-9-10-12-13-11-4-2;5-3(6)1-2(4(7)8)12(9,10)11;/h11H,3-10,12H2,1-2H3;2H,1H2,(H,5,6)(H,7,8)(H,9,10,11);. The predicted molar refractivity (Wildman–Crippen MR) is 99.0 cm³/mol. The summed E-state index contributed by atoms with van der Waals surface area (Å²) in [4.78, 5) is 20.0. The molecule has 0 radical (unpaired) electrons. The summed E-state index contributed by atoms with van der Waals surface area (Å²) in [5.41, 5.74) is 0. The third kappa shape index (κ3) is 19.2.